The van der Waals surface area contributed by atoms with E-state index in [1.54, 1.807) is 0 Å². The third-order valence-electron chi connectivity index (χ3n) is 11.4. The first-order valence-electron chi connectivity index (χ1n) is 20.8. The van der Waals surface area contributed by atoms with Gasteiger partial charge in [-0.15, -0.1) is 0 Å². The first-order valence-corrected chi connectivity index (χ1v) is 20.8. The lowest BCUT2D eigenvalue weighted by atomic mass is 9.65. The predicted octanol–water partition coefficient (Wildman–Crippen LogP) is 11.4. The molecule has 7 nitrogen and oxygen atoms in total. The zero-order valence-corrected chi connectivity index (χ0v) is 35.5. The summed E-state index contributed by atoms with van der Waals surface area (Å²) in [6, 6.07) is 8.66. The van der Waals surface area contributed by atoms with E-state index in [1.807, 2.05) is 65.0 Å². The molecule has 310 valence electrons. The second-order valence-corrected chi connectivity index (χ2v) is 18.7. The van der Waals surface area contributed by atoms with Crippen LogP contribution in [0.3, 0.4) is 0 Å². The zero-order chi connectivity index (χ0) is 40.9. The smallest absolute Gasteiger partial charge is 0.201 e. The van der Waals surface area contributed by atoms with E-state index in [1.165, 1.54) is 13.3 Å². The van der Waals surface area contributed by atoms with Crippen LogP contribution in [0.15, 0.2) is 42.6 Å². The van der Waals surface area contributed by atoms with Crippen molar-refractivity contribution < 1.29 is 28.8 Å². The summed E-state index contributed by atoms with van der Waals surface area (Å²) in [4.78, 5) is 81.8. The number of ketones is 6. The van der Waals surface area contributed by atoms with Crippen LogP contribution < -0.4 is 5.32 Å². The van der Waals surface area contributed by atoms with Gasteiger partial charge in [0.15, 0.2) is 11.6 Å². The normalized spacial score (nSPS) is 21.1. The SMILES string of the molecule is C.C=C(CCC(=O)C(=O)C(CCC)CC(=O)C1(C)CC(C)(C)CC1C(=O)[C@H](CC(=O)CC(C)(C)C)C1CCCCC1)N[C@H](C(C)=O)c1ccccc1.CCC. The molecule has 0 radical (unpaired) electrons. The Morgan fingerprint density at radius 3 is 2.00 bits per heavy atom. The highest BCUT2D eigenvalue weighted by atomic mass is 16.2. The van der Waals surface area contributed by atoms with Gasteiger partial charge in [0.25, 0.3) is 0 Å². The summed E-state index contributed by atoms with van der Waals surface area (Å²) >= 11 is 0. The molecule has 55 heavy (non-hydrogen) atoms. The van der Waals surface area contributed by atoms with Gasteiger partial charge in [-0.1, -0.05) is 139 Å². The van der Waals surface area contributed by atoms with E-state index in [9.17, 15) is 28.8 Å². The van der Waals surface area contributed by atoms with E-state index in [0.717, 1.165) is 37.7 Å². The minimum absolute atomic E-state index is 0. The number of carbonyl (C=O) groups is 6. The molecule has 1 aromatic carbocycles. The van der Waals surface area contributed by atoms with Gasteiger partial charge in [0.05, 0.1) is 0 Å². The molecule has 1 N–H and O–H groups in total. The Hall–Kier alpha value is -3.22. The van der Waals surface area contributed by atoms with Crippen LogP contribution in [0.1, 0.15) is 185 Å². The lowest BCUT2D eigenvalue weighted by molar-refractivity contribution is -0.144. The molecular weight excluding hydrogens is 687 g/mol. The van der Waals surface area contributed by atoms with Crippen LogP contribution in [0.4, 0.5) is 0 Å². The third kappa shape index (κ3) is 15.3. The molecule has 3 unspecified atom stereocenters. The molecule has 5 atom stereocenters. The van der Waals surface area contributed by atoms with Crippen molar-refractivity contribution >= 4 is 34.7 Å². The lowest BCUT2D eigenvalue weighted by Gasteiger charge is -2.36. The van der Waals surface area contributed by atoms with Crippen molar-refractivity contribution in [3.8, 4) is 0 Å². The fourth-order valence-electron chi connectivity index (χ4n) is 8.97. The Morgan fingerprint density at radius 1 is 0.891 bits per heavy atom. The molecule has 2 aliphatic rings. The predicted molar refractivity (Wildman–Crippen MR) is 225 cm³/mol. The van der Waals surface area contributed by atoms with Gasteiger partial charge in [0.1, 0.15) is 23.4 Å². The lowest BCUT2D eigenvalue weighted by Crippen LogP contribution is -2.42. The summed E-state index contributed by atoms with van der Waals surface area (Å²) in [6.45, 7) is 23.9. The molecule has 0 amide bonds. The number of hydrogen-bond donors (Lipinski definition) is 1. The Morgan fingerprint density at radius 2 is 1.47 bits per heavy atom. The van der Waals surface area contributed by atoms with E-state index in [-0.39, 0.29) is 73.0 Å². The fraction of sp³-hybridized carbons (Fsp3) is 0.708. The highest BCUT2D eigenvalue weighted by molar-refractivity contribution is 6.38. The van der Waals surface area contributed by atoms with Crippen LogP contribution in [0.2, 0.25) is 0 Å². The van der Waals surface area contributed by atoms with Gasteiger partial charge in [0.2, 0.25) is 5.78 Å². The van der Waals surface area contributed by atoms with Crippen molar-refractivity contribution in [3.05, 3.63) is 48.2 Å². The number of rotatable bonds is 20. The Bertz CT molecular complexity index is 1450. The number of allylic oxidation sites excluding steroid dienone is 1. The van der Waals surface area contributed by atoms with E-state index < -0.39 is 40.8 Å². The summed E-state index contributed by atoms with van der Waals surface area (Å²) in [5.74, 6) is -2.71. The average Bonchev–Trinajstić information content (AvgIpc) is 3.37. The van der Waals surface area contributed by atoms with Gasteiger partial charge in [-0.2, -0.15) is 0 Å². The second-order valence-electron chi connectivity index (χ2n) is 18.7. The van der Waals surface area contributed by atoms with Crippen molar-refractivity contribution in [3.63, 3.8) is 0 Å². The Kier molecular flexibility index (Phi) is 20.4. The maximum absolute atomic E-state index is 14.7. The number of carbonyl (C=O) groups excluding carboxylic acids is 6. The topological polar surface area (TPSA) is 114 Å². The van der Waals surface area contributed by atoms with E-state index in [4.69, 9.17) is 0 Å². The van der Waals surface area contributed by atoms with Crippen LogP contribution in [0.5, 0.6) is 0 Å². The van der Waals surface area contributed by atoms with Crippen molar-refractivity contribution in [2.24, 2.45) is 39.9 Å². The van der Waals surface area contributed by atoms with Gasteiger partial charge in [-0.25, -0.2) is 0 Å². The third-order valence-corrected chi connectivity index (χ3v) is 11.4. The maximum Gasteiger partial charge on any atom is 0.201 e. The van der Waals surface area contributed by atoms with Gasteiger partial charge >= 0.3 is 0 Å². The number of benzene rings is 1. The van der Waals surface area contributed by atoms with Crippen LogP contribution in [-0.2, 0) is 28.8 Å². The molecule has 0 spiro atoms. The maximum atomic E-state index is 14.7. The molecule has 2 saturated carbocycles. The molecule has 0 aliphatic heterocycles. The van der Waals surface area contributed by atoms with Crippen molar-refractivity contribution in [2.45, 2.75) is 179 Å². The highest BCUT2D eigenvalue weighted by Crippen LogP contribution is 2.56. The minimum atomic E-state index is -0.979. The molecule has 2 aliphatic carbocycles. The van der Waals surface area contributed by atoms with E-state index in [0.29, 0.717) is 37.8 Å². The summed E-state index contributed by atoms with van der Waals surface area (Å²) in [5.41, 5.74) is -0.135. The first kappa shape index (κ1) is 49.8. The van der Waals surface area contributed by atoms with Gasteiger partial charge in [-0.3, -0.25) is 28.8 Å². The van der Waals surface area contributed by atoms with Crippen LogP contribution in [0, 0.1) is 39.9 Å². The quantitative estimate of drug-likeness (QED) is 0.131. The largest absolute Gasteiger partial charge is 0.375 e. The van der Waals surface area contributed by atoms with Gasteiger partial charge in [0, 0.05) is 54.5 Å². The molecule has 0 aromatic heterocycles. The molecule has 1 aromatic rings. The van der Waals surface area contributed by atoms with E-state index >= 15 is 0 Å². The minimum Gasteiger partial charge on any atom is -0.375 e. The summed E-state index contributed by atoms with van der Waals surface area (Å²) in [7, 11) is 0. The summed E-state index contributed by atoms with van der Waals surface area (Å²) in [5, 5.41) is 3.12. The molecular formula is C48H77NO6. The number of nitrogens with one attached hydrogen (secondary N) is 1. The van der Waals surface area contributed by atoms with Crippen LogP contribution >= 0.6 is 0 Å². The highest BCUT2D eigenvalue weighted by Gasteiger charge is 2.56. The molecule has 0 heterocycles. The number of hydrogen-bond acceptors (Lipinski definition) is 7. The second kappa shape index (κ2) is 22.5. The van der Waals surface area contributed by atoms with Crippen LogP contribution in [0.25, 0.3) is 0 Å². The monoisotopic (exact) mass is 764 g/mol. The van der Waals surface area contributed by atoms with Crippen molar-refractivity contribution in [1.82, 2.24) is 5.32 Å². The van der Waals surface area contributed by atoms with Gasteiger partial charge < -0.3 is 5.32 Å². The average molecular weight is 764 g/mol. The number of Topliss-reactive ketones (excluding diaryl/α,β-unsaturated/α-hetero) is 6. The Balaban J connectivity index is 0.00000365. The van der Waals surface area contributed by atoms with Crippen molar-refractivity contribution in [1.29, 1.82) is 0 Å². The van der Waals surface area contributed by atoms with Crippen LogP contribution in [-0.4, -0.2) is 34.7 Å². The summed E-state index contributed by atoms with van der Waals surface area (Å²) in [6.07, 6.45) is 9.16. The molecule has 0 saturated heterocycles. The zero-order valence-electron chi connectivity index (χ0n) is 35.5. The summed E-state index contributed by atoms with van der Waals surface area (Å²) < 4.78 is 0. The fourth-order valence-corrected chi connectivity index (χ4v) is 8.97. The standard InChI is InChI=1S/C44H65NO6.C3H8.CH4/c1-10-17-33(40(50)37(48)23-22-29(2)45-39(30(3)46)32-20-15-12-16-21-32)24-38(49)44(9)28-43(7,8)27-36(44)41(51)35(31-18-13-11-14-19-31)25-34(47)26-42(4,5)6;1-3-2;/h12,15-16,20-21,31,33,35-36,39,45H,2,10-11,13-14,17-19,22-28H2,1,3-9H3;3H2,1-2H3;1H4/t33?,35-,36?,39-,44?;;/m1../s1. The molecule has 3 rings (SSSR count). The molecule has 2 fully saturated rings. The first-order chi connectivity index (χ1) is 25.2. The van der Waals surface area contributed by atoms with Crippen molar-refractivity contribution in [2.75, 3.05) is 0 Å². The molecule has 7 heteroatoms. The molecule has 0 bridgehead atoms. The van der Waals surface area contributed by atoms with Gasteiger partial charge in [-0.05, 0) is 67.8 Å². The Labute approximate surface area is 335 Å². The van der Waals surface area contributed by atoms with E-state index in [2.05, 4.69) is 39.6 Å².